The lowest BCUT2D eigenvalue weighted by molar-refractivity contribution is 1.31. The maximum absolute atomic E-state index is 4.41. The summed E-state index contributed by atoms with van der Waals surface area (Å²) in [4.78, 5) is 4.41. The molecular formula is C12H12BN. The lowest BCUT2D eigenvalue weighted by Crippen LogP contribution is -2.08. The highest BCUT2D eigenvalue weighted by atomic mass is 14.7. The smallest absolute Gasteiger partial charge is 0.141 e. The minimum Gasteiger partial charge on any atom is -0.257 e. The summed E-state index contributed by atoms with van der Waals surface area (Å²) in [5, 5.41) is 0. The molecule has 0 atom stereocenters. The highest BCUT2D eigenvalue weighted by molar-refractivity contribution is 6.33. The predicted octanol–water partition coefficient (Wildman–Crippen LogP) is 1.32. The van der Waals surface area contributed by atoms with Crippen molar-refractivity contribution in [2.45, 2.75) is 6.92 Å². The lowest BCUT2D eigenvalue weighted by atomic mass is 9.92. The average Bonchev–Trinajstić information content (AvgIpc) is 2.23. The molecular weight excluding hydrogens is 169 g/mol. The Kier molecular flexibility index (Phi) is 2.36. The minimum absolute atomic E-state index is 1.05. The van der Waals surface area contributed by atoms with Gasteiger partial charge >= 0.3 is 0 Å². The summed E-state index contributed by atoms with van der Waals surface area (Å²) in [5.74, 6) is 0. The van der Waals surface area contributed by atoms with Crippen molar-refractivity contribution in [3.8, 4) is 11.3 Å². The number of benzene rings is 1. The van der Waals surface area contributed by atoms with Gasteiger partial charge in [0.05, 0.1) is 5.69 Å². The fraction of sp³-hybridized carbons (Fsp3) is 0.0833. The summed E-state index contributed by atoms with van der Waals surface area (Å²) in [6.45, 7) is 2.11. The second kappa shape index (κ2) is 3.66. The standard InChI is InChI=1S/C12H12BN/c1-9-7-12(14-8-11(9)13)10-5-3-2-4-6-10/h2-8H,13H2,1H3. The first-order valence-corrected chi connectivity index (χ1v) is 4.76. The molecule has 0 unspecified atom stereocenters. The molecule has 0 aliphatic carbocycles. The maximum Gasteiger partial charge on any atom is 0.141 e. The normalized spacial score (nSPS) is 10.1. The van der Waals surface area contributed by atoms with E-state index in [0.29, 0.717) is 0 Å². The van der Waals surface area contributed by atoms with E-state index in [1.807, 2.05) is 24.4 Å². The molecule has 14 heavy (non-hydrogen) atoms. The maximum atomic E-state index is 4.41. The van der Waals surface area contributed by atoms with Crippen molar-refractivity contribution in [1.82, 2.24) is 4.98 Å². The van der Waals surface area contributed by atoms with Crippen LogP contribution >= 0.6 is 0 Å². The highest BCUT2D eigenvalue weighted by Gasteiger charge is 1.99. The lowest BCUT2D eigenvalue weighted by Gasteiger charge is -2.03. The van der Waals surface area contributed by atoms with Crippen molar-refractivity contribution in [2.75, 3.05) is 0 Å². The molecule has 0 N–H and O–H groups in total. The van der Waals surface area contributed by atoms with Gasteiger partial charge in [0.1, 0.15) is 7.85 Å². The molecule has 1 aromatic heterocycles. The minimum atomic E-state index is 1.05. The van der Waals surface area contributed by atoms with Gasteiger partial charge in [-0.3, -0.25) is 4.98 Å². The molecule has 1 aromatic carbocycles. The third kappa shape index (κ3) is 1.69. The van der Waals surface area contributed by atoms with Crippen molar-refractivity contribution in [1.29, 1.82) is 0 Å². The Morgan fingerprint density at radius 3 is 2.50 bits per heavy atom. The molecule has 68 valence electrons. The van der Waals surface area contributed by atoms with Crippen LogP contribution in [0.25, 0.3) is 11.3 Å². The summed E-state index contributed by atoms with van der Waals surface area (Å²) in [7, 11) is 2.08. The van der Waals surface area contributed by atoms with Gasteiger partial charge in [-0.05, 0) is 13.0 Å². The summed E-state index contributed by atoms with van der Waals surface area (Å²) < 4.78 is 0. The van der Waals surface area contributed by atoms with E-state index in [4.69, 9.17) is 0 Å². The van der Waals surface area contributed by atoms with Crippen molar-refractivity contribution in [3.05, 3.63) is 48.2 Å². The first-order chi connectivity index (χ1) is 6.77. The quantitative estimate of drug-likeness (QED) is 0.604. The van der Waals surface area contributed by atoms with Crippen molar-refractivity contribution >= 4 is 13.3 Å². The molecule has 1 nitrogen and oxygen atoms in total. The predicted molar refractivity (Wildman–Crippen MR) is 62.6 cm³/mol. The molecule has 2 rings (SSSR count). The van der Waals surface area contributed by atoms with Crippen molar-refractivity contribution in [2.24, 2.45) is 0 Å². The number of rotatable bonds is 1. The van der Waals surface area contributed by atoms with Gasteiger partial charge < -0.3 is 0 Å². The van der Waals surface area contributed by atoms with Crippen molar-refractivity contribution in [3.63, 3.8) is 0 Å². The Balaban J connectivity index is 2.48. The van der Waals surface area contributed by atoms with Crippen LogP contribution in [0.15, 0.2) is 42.6 Å². The zero-order valence-electron chi connectivity index (χ0n) is 8.49. The molecule has 0 spiro atoms. The molecule has 2 aromatic rings. The number of nitrogens with zero attached hydrogens (tertiary/aromatic N) is 1. The number of aryl methyl sites for hydroxylation is 1. The summed E-state index contributed by atoms with van der Waals surface area (Å²) in [6.07, 6.45) is 1.93. The first kappa shape index (κ1) is 9.01. The van der Waals surface area contributed by atoms with Crippen LogP contribution in [0.4, 0.5) is 0 Å². The van der Waals surface area contributed by atoms with Gasteiger partial charge in [-0.1, -0.05) is 41.4 Å². The molecule has 0 saturated heterocycles. The van der Waals surface area contributed by atoms with Gasteiger partial charge in [-0.2, -0.15) is 0 Å². The number of pyridine rings is 1. The van der Waals surface area contributed by atoms with Crippen LogP contribution < -0.4 is 5.46 Å². The zero-order valence-corrected chi connectivity index (χ0v) is 8.49. The van der Waals surface area contributed by atoms with Crippen LogP contribution in [0.1, 0.15) is 5.56 Å². The molecule has 0 saturated carbocycles. The van der Waals surface area contributed by atoms with Crippen LogP contribution in [0.5, 0.6) is 0 Å². The van der Waals surface area contributed by atoms with Gasteiger partial charge in [0.25, 0.3) is 0 Å². The fourth-order valence-electron chi connectivity index (χ4n) is 1.39. The van der Waals surface area contributed by atoms with Gasteiger partial charge in [0.2, 0.25) is 0 Å². The number of aromatic nitrogens is 1. The summed E-state index contributed by atoms with van der Waals surface area (Å²) in [6, 6.07) is 12.4. The third-order valence-electron chi connectivity index (χ3n) is 2.44. The van der Waals surface area contributed by atoms with E-state index in [1.54, 1.807) is 0 Å². The van der Waals surface area contributed by atoms with Crippen LogP contribution in [-0.4, -0.2) is 12.8 Å². The van der Waals surface area contributed by atoms with Crippen LogP contribution in [0.2, 0.25) is 0 Å². The Bertz CT molecular complexity index is 437. The average molecular weight is 181 g/mol. The van der Waals surface area contributed by atoms with E-state index in [-0.39, 0.29) is 0 Å². The fourth-order valence-corrected chi connectivity index (χ4v) is 1.39. The molecule has 0 aliphatic rings. The van der Waals surface area contributed by atoms with E-state index in [1.165, 1.54) is 16.6 Å². The molecule has 0 fully saturated rings. The number of hydrogen-bond donors (Lipinski definition) is 0. The Labute approximate surface area is 85.2 Å². The molecule has 0 amide bonds. The Hall–Kier alpha value is -1.57. The van der Waals surface area contributed by atoms with Gasteiger partial charge in [0, 0.05) is 11.8 Å². The van der Waals surface area contributed by atoms with Gasteiger partial charge in [-0.15, -0.1) is 0 Å². The number of hydrogen-bond acceptors (Lipinski definition) is 1. The van der Waals surface area contributed by atoms with Crippen LogP contribution in [-0.2, 0) is 0 Å². The monoisotopic (exact) mass is 181 g/mol. The highest BCUT2D eigenvalue weighted by Crippen LogP contribution is 2.15. The topological polar surface area (TPSA) is 12.9 Å². The van der Waals surface area contributed by atoms with Gasteiger partial charge in [0.15, 0.2) is 0 Å². The molecule has 0 aliphatic heterocycles. The van der Waals surface area contributed by atoms with Crippen LogP contribution in [0, 0.1) is 6.92 Å². The van der Waals surface area contributed by atoms with Gasteiger partial charge in [-0.25, -0.2) is 0 Å². The molecule has 2 heteroatoms. The molecule has 0 radical (unpaired) electrons. The summed E-state index contributed by atoms with van der Waals surface area (Å²) in [5.41, 5.74) is 4.76. The van der Waals surface area contributed by atoms with E-state index >= 15 is 0 Å². The first-order valence-electron chi connectivity index (χ1n) is 4.76. The van der Waals surface area contributed by atoms with E-state index < -0.39 is 0 Å². The second-order valence-corrected chi connectivity index (χ2v) is 3.52. The summed E-state index contributed by atoms with van der Waals surface area (Å²) >= 11 is 0. The van der Waals surface area contributed by atoms with Crippen LogP contribution in [0.3, 0.4) is 0 Å². The molecule has 0 bridgehead atoms. The third-order valence-corrected chi connectivity index (χ3v) is 2.44. The second-order valence-electron chi connectivity index (χ2n) is 3.52. The zero-order chi connectivity index (χ0) is 9.97. The Morgan fingerprint density at radius 1 is 1.14 bits per heavy atom. The van der Waals surface area contributed by atoms with E-state index in [9.17, 15) is 0 Å². The molecule has 1 heterocycles. The van der Waals surface area contributed by atoms with Crippen molar-refractivity contribution < 1.29 is 0 Å². The van der Waals surface area contributed by atoms with E-state index in [2.05, 4.69) is 38.0 Å². The Morgan fingerprint density at radius 2 is 1.86 bits per heavy atom. The largest absolute Gasteiger partial charge is 0.257 e. The SMILES string of the molecule is Bc1cnc(-c2ccccc2)cc1C. The van der Waals surface area contributed by atoms with E-state index in [0.717, 1.165) is 5.69 Å².